The van der Waals surface area contributed by atoms with Gasteiger partial charge in [-0.1, -0.05) is 30.0 Å². The highest BCUT2D eigenvalue weighted by Gasteiger charge is 2.16. The first-order valence-corrected chi connectivity index (χ1v) is 7.84. The van der Waals surface area contributed by atoms with Crippen LogP contribution in [-0.2, 0) is 4.79 Å². The summed E-state index contributed by atoms with van der Waals surface area (Å²) in [7, 11) is 0. The van der Waals surface area contributed by atoms with Crippen molar-refractivity contribution >= 4 is 34.7 Å². The molecule has 4 nitrogen and oxygen atoms in total. The van der Waals surface area contributed by atoms with Gasteiger partial charge in [-0.15, -0.1) is 11.3 Å². The predicted molar refractivity (Wildman–Crippen MR) is 82.0 cm³/mol. The molecule has 0 aliphatic heterocycles. The van der Waals surface area contributed by atoms with Gasteiger partial charge in [0.15, 0.2) is 4.34 Å². The van der Waals surface area contributed by atoms with E-state index in [1.807, 2.05) is 48.7 Å². The zero-order valence-electron chi connectivity index (χ0n) is 10.9. The third kappa shape index (κ3) is 3.83. The minimum absolute atomic E-state index is 0.0559. The number of hydrogen-bond donors (Lipinski definition) is 0. The molecule has 0 saturated carbocycles. The Balaban J connectivity index is 2.02. The highest BCUT2D eigenvalue weighted by molar-refractivity contribution is 8.01. The van der Waals surface area contributed by atoms with Gasteiger partial charge in [0.05, 0.1) is 11.8 Å². The highest BCUT2D eigenvalue weighted by Crippen LogP contribution is 2.23. The molecule has 0 aliphatic carbocycles. The van der Waals surface area contributed by atoms with E-state index < -0.39 is 0 Å². The number of thiazole rings is 1. The molecule has 0 fully saturated rings. The number of amides is 1. The first-order chi connectivity index (χ1) is 9.70. The Morgan fingerprint density at radius 3 is 2.80 bits per heavy atom. The second-order valence-corrected chi connectivity index (χ2v) is 6.10. The van der Waals surface area contributed by atoms with Crippen molar-refractivity contribution in [3.63, 3.8) is 0 Å². The van der Waals surface area contributed by atoms with E-state index in [-0.39, 0.29) is 18.2 Å². The van der Waals surface area contributed by atoms with Crippen LogP contribution in [0.25, 0.3) is 0 Å². The Morgan fingerprint density at radius 2 is 2.20 bits per heavy atom. The molecule has 0 radical (unpaired) electrons. The van der Waals surface area contributed by atoms with Crippen molar-refractivity contribution in [3.05, 3.63) is 41.4 Å². The average molecular weight is 303 g/mol. The summed E-state index contributed by atoms with van der Waals surface area (Å²) >= 11 is 2.93. The number of rotatable bonds is 5. The second-order valence-electron chi connectivity index (χ2n) is 4.02. The quantitative estimate of drug-likeness (QED) is 0.629. The summed E-state index contributed by atoms with van der Waals surface area (Å²) in [5.74, 6) is 0.194. The molecule has 1 heterocycles. The second kappa shape index (κ2) is 7.08. The van der Waals surface area contributed by atoms with Crippen LogP contribution in [0.4, 0.5) is 5.69 Å². The summed E-state index contributed by atoms with van der Waals surface area (Å²) in [5.41, 5.74) is 1.71. The van der Waals surface area contributed by atoms with Crippen molar-refractivity contribution in [2.75, 3.05) is 17.2 Å². The zero-order chi connectivity index (χ0) is 14.4. The van der Waals surface area contributed by atoms with Gasteiger partial charge in [-0.05, 0) is 19.1 Å². The molecule has 102 valence electrons. The van der Waals surface area contributed by atoms with Gasteiger partial charge in [0.2, 0.25) is 5.91 Å². The zero-order valence-corrected chi connectivity index (χ0v) is 12.6. The lowest BCUT2D eigenvalue weighted by atomic mass is 10.3. The molecule has 6 heteroatoms. The molecule has 0 atom stereocenters. The van der Waals surface area contributed by atoms with E-state index in [1.54, 1.807) is 0 Å². The number of carbonyl (C=O) groups is 1. The van der Waals surface area contributed by atoms with Crippen molar-refractivity contribution in [1.29, 1.82) is 5.26 Å². The molecule has 0 unspecified atom stereocenters. The Kier molecular flexibility index (Phi) is 5.16. The van der Waals surface area contributed by atoms with E-state index in [0.29, 0.717) is 0 Å². The molecule has 2 rings (SSSR count). The minimum Gasteiger partial charge on any atom is -0.298 e. The topological polar surface area (TPSA) is 57.0 Å². The van der Waals surface area contributed by atoms with Crippen molar-refractivity contribution in [2.45, 2.75) is 11.3 Å². The lowest BCUT2D eigenvalue weighted by Crippen LogP contribution is -2.32. The molecule has 0 bridgehead atoms. The van der Waals surface area contributed by atoms with Crippen LogP contribution < -0.4 is 4.90 Å². The SMILES string of the molecule is Cc1csc(SCC(=O)N(CC#N)c2ccccc2)n1. The number of aromatic nitrogens is 1. The van der Waals surface area contributed by atoms with Crippen molar-refractivity contribution < 1.29 is 4.79 Å². The van der Waals surface area contributed by atoms with Crippen molar-refractivity contribution in [3.8, 4) is 6.07 Å². The molecule has 0 N–H and O–H groups in total. The van der Waals surface area contributed by atoms with E-state index in [4.69, 9.17) is 5.26 Å². The van der Waals surface area contributed by atoms with Gasteiger partial charge < -0.3 is 0 Å². The molecule has 1 aromatic carbocycles. The highest BCUT2D eigenvalue weighted by atomic mass is 32.2. The van der Waals surface area contributed by atoms with Crippen LogP contribution in [0, 0.1) is 18.3 Å². The molecular weight excluding hydrogens is 290 g/mol. The van der Waals surface area contributed by atoms with Crippen LogP contribution in [-0.4, -0.2) is 23.2 Å². The largest absolute Gasteiger partial charge is 0.298 e. The van der Waals surface area contributed by atoms with Gasteiger partial charge in [-0.3, -0.25) is 9.69 Å². The van der Waals surface area contributed by atoms with Crippen LogP contribution in [0.15, 0.2) is 40.1 Å². The smallest absolute Gasteiger partial charge is 0.238 e. The first kappa shape index (κ1) is 14.6. The number of para-hydroxylation sites is 1. The van der Waals surface area contributed by atoms with Gasteiger partial charge in [0.25, 0.3) is 0 Å². The normalized spacial score (nSPS) is 10.0. The minimum atomic E-state index is -0.0874. The predicted octanol–water partition coefficient (Wildman–Crippen LogP) is 3.10. The van der Waals surface area contributed by atoms with Crippen molar-refractivity contribution in [1.82, 2.24) is 4.98 Å². The number of nitriles is 1. The Hall–Kier alpha value is -1.84. The van der Waals surface area contributed by atoms with Gasteiger partial charge in [0, 0.05) is 16.8 Å². The number of hydrogen-bond acceptors (Lipinski definition) is 5. The number of anilines is 1. The molecule has 0 aliphatic rings. The summed E-state index contributed by atoms with van der Waals surface area (Å²) in [6.07, 6.45) is 0. The third-order valence-electron chi connectivity index (χ3n) is 2.51. The lowest BCUT2D eigenvalue weighted by Gasteiger charge is -2.19. The van der Waals surface area contributed by atoms with Gasteiger partial charge in [-0.25, -0.2) is 4.98 Å². The molecule has 1 amide bonds. The van der Waals surface area contributed by atoms with E-state index in [2.05, 4.69) is 4.98 Å². The lowest BCUT2D eigenvalue weighted by molar-refractivity contribution is -0.116. The fourth-order valence-corrected chi connectivity index (χ4v) is 3.33. The van der Waals surface area contributed by atoms with Crippen LogP contribution in [0.2, 0.25) is 0 Å². The van der Waals surface area contributed by atoms with E-state index in [9.17, 15) is 4.79 Å². The van der Waals surface area contributed by atoms with Crippen LogP contribution in [0.3, 0.4) is 0 Å². The number of thioether (sulfide) groups is 1. The molecule has 2 aromatic rings. The summed E-state index contributed by atoms with van der Waals surface area (Å²) in [6.45, 7) is 1.98. The monoisotopic (exact) mass is 303 g/mol. The van der Waals surface area contributed by atoms with Crippen molar-refractivity contribution in [2.24, 2.45) is 0 Å². The Labute approximate surface area is 126 Å². The van der Waals surface area contributed by atoms with Crippen LogP contribution >= 0.6 is 23.1 Å². The van der Waals surface area contributed by atoms with Crippen LogP contribution in [0.5, 0.6) is 0 Å². The number of carbonyl (C=O) groups excluding carboxylic acids is 1. The molecular formula is C14H13N3OS2. The summed E-state index contributed by atoms with van der Waals surface area (Å²) < 4.78 is 0.876. The van der Waals surface area contributed by atoms with Gasteiger partial charge in [0.1, 0.15) is 6.54 Å². The third-order valence-corrected chi connectivity index (χ3v) is 4.64. The Bertz CT molecular complexity index is 619. The van der Waals surface area contributed by atoms with E-state index >= 15 is 0 Å². The maximum absolute atomic E-state index is 12.2. The van der Waals surface area contributed by atoms with E-state index in [1.165, 1.54) is 28.0 Å². The standard InChI is InChI=1S/C14H13N3OS2/c1-11-9-19-14(16-11)20-10-13(18)17(8-7-15)12-5-3-2-4-6-12/h2-6,9H,8,10H2,1H3. The maximum Gasteiger partial charge on any atom is 0.238 e. The maximum atomic E-state index is 12.2. The molecule has 1 aromatic heterocycles. The number of nitrogens with zero attached hydrogens (tertiary/aromatic N) is 3. The van der Waals surface area contributed by atoms with Gasteiger partial charge in [-0.2, -0.15) is 5.26 Å². The number of benzene rings is 1. The van der Waals surface area contributed by atoms with Crippen LogP contribution in [0.1, 0.15) is 5.69 Å². The van der Waals surface area contributed by atoms with E-state index in [0.717, 1.165) is 15.7 Å². The fourth-order valence-electron chi connectivity index (χ4n) is 1.60. The molecule has 0 saturated heterocycles. The Morgan fingerprint density at radius 1 is 1.45 bits per heavy atom. The summed E-state index contributed by atoms with van der Waals surface area (Å²) in [5, 5.41) is 10.8. The molecule has 20 heavy (non-hydrogen) atoms. The summed E-state index contributed by atoms with van der Waals surface area (Å²) in [4.78, 5) is 18.0. The average Bonchev–Trinajstić information content (AvgIpc) is 2.89. The fraction of sp³-hybridized carbons (Fsp3) is 0.214. The number of aryl methyl sites for hydroxylation is 1. The van der Waals surface area contributed by atoms with Gasteiger partial charge >= 0.3 is 0 Å². The summed E-state index contributed by atoms with van der Waals surface area (Å²) in [6, 6.07) is 11.3. The molecule has 0 spiro atoms. The first-order valence-electron chi connectivity index (χ1n) is 5.98.